The fourth-order valence-corrected chi connectivity index (χ4v) is 2.94. The van der Waals surface area contributed by atoms with E-state index in [4.69, 9.17) is 15.2 Å². The van der Waals surface area contributed by atoms with E-state index in [1.807, 2.05) is 0 Å². The molecule has 17 heavy (non-hydrogen) atoms. The summed E-state index contributed by atoms with van der Waals surface area (Å²) in [6.45, 7) is 6.10. The summed E-state index contributed by atoms with van der Waals surface area (Å²) in [7, 11) is 1.74. The Balaban J connectivity index is 1.81. The van der Waals surface area contributed by atoms with Crippen molar-refractivity contribution in [3.05, 3.63) is 0 Å². The van der Waals surface area contributed by atoms with E-state index in [9.17, 15) is 0 Å². The van der Waals surface area contributed by atoms with Gasteiger partial charge in [0.2, 0.25) is 0 Å². The van der Waals surface area contributed by atoms with E-state index in [2.05, 4.69) is 11.8 Å². The monoisotopic (exact) mass is 242 g/mol. The third-order valence-corrected chi connectivity index (χ3v) is 4.28. The minimum absolute atomic E-state index is 0.131. The van der Waals surface area contributed by atoms with Crippen molar-refractivity contribution < 1.29 is 9.47 Å². The Morgan fingerprint density at radius 3 is 3.12 bits per heavy atom. The lowest BCUT2D eigenvalue weighted by molar-refractivity contribution is -0.0672. The van der Waals surface area contributed by atoms with E-state index >= 15 is 0 Å². The molecule has 4 unspecified atom stereocenters. The number of methoxy groups -OCH3 is 1. The van der Waals surface area contributed by atoms with Crippen molar-refractivity contribution in [2.45, 2.75) is 44.4 Å². The van der Waals surface area contributed by atoms with Crippen molar-refractivity contribution in [3.63, 3.8) is 0 Å². The average molecular weight is 242 g/mol. The molecule has 4 atom stereocenters. The van der Waals surface area contributed by atoms with Crippen LogP contribution in [0.5, 0.6) is 0 Å². The summed E-state index contributed by atoms with van der Waals surface area (Å²) in [5.41, 5.74) is 6.31. The van der Waals surface area contributed by atoms with Gasteiger partial charge in [0.1, 0.15) is 0 Å². The van der Waals surface area contributed by atoms with Crippen molar-refractivity contribution in [2.75, 3.05) is 33.4 Å². The number of morpholine rings is 1. The summed E-state index contributed by atoms with van der Waals surface area (Å²) in [4.78, 5) is 2.55. The zero-order chi connectivity index (χ0) is 12.3. The summed E-state index contributed by atoms with van der Waals surface area (Å²) in [6.07, 6.45) is 3.83. The van der Waals surface area contributed by atoms with E-state index in [1.54, 1.807) is 7.11 Å². The maximum atomic E-state index is 6.31. The smallest absolute Gasteiger partial charge is 0.0856 e. The van der Waals surface area contributed by atoms with Crippen LogP contribution in [0.25, 0.3) is 0 Å². The zero-order valence-corrected chi connectivity index (χ0v) is 11.1. The average Bonchev–Trinajstić information content (AvgIpc) is 2.81. The van der Waals surface area contributed by atoms with Crippen LogP contribution in [-0.2, 0) is 9.47 Å². The summed E-state index contributed by atoms with van der Waals surface area (Å²) in [5, 5.41) is 0. The van der Waals surface area contributed by atoms with Crippen molar-refractivity contribution in [1.29, 1.82) is 0 Å². The van der Waals surface area contributed by atoms with Crippen LogP contribution in [0.3, 0.4) is 0 Å². The molecule has 0 aromatic rings. The molecule has 4 nitrogen and oxygen atoms in total. The van der Waals surface area contributed by atoms with Gasteiger partial charge in [-0.3, -0.25) is 4.90 Å². The second kappa shape index (κ2) is 6.14. The highest BCUT2D eigenvalue weighted by Crippen LogP contribution is 2.25. The first kappa shape index (κ1) is 13.3. The van der Waals surface area contributed by atoms with Gasteiger partial charge in [0, 0.05) is 32.3 Å². The SMILES string of the molecule is COCCC(C)C(N)C1CN2CCCC2CO1. The van der Waals surface area contributed by atoms with Crippen LogP contribution < -0.4 is 5.73 Å². The molecule has 2 aliphatic rings. The summed E-state index contributed by atoms with van der Waals surface area (Å²) in [5.74, 6) is 0.458. The lowest BCUT2D eigenvalue weighted by Gasteiger charge is -2.39. The first-order valence-corrected chi connectivity index (χ1v) is 6.82. The first-order valence-electron chi connectivity index (χ1n) is 6.82. The second-order valence-corrected chi connectivity index (χ2v) is 5.50. The van der Waals surface area contributed by atoms with Crippen molar-refractivity contribution in [1.82, 2.24) is 4.90 Å². The highest BCUT2D eigenvalue weighted by atomic mass is 16.5. The fourth-order valence-electron chi connectivity index (χ4n) is 2.94. The number of fused-ring (bicyclic) bond motifs is 1. The Kier molecular flexibility index (Phi) is 4.79. The van der Waals surface area contributed by atoms with Crippen LogP contribution in [0.4, 0.5) is 0 Å². The number of hydrogen-bond donors (Lipinski definition) is 1. The van der Waals surface area contributed by atoms with Gasteiger partial charge in [-0.1, -0.05) is 6.92 Å². The molecule has 0 bridgehead atoms. The summed E-state index contributed by atoms with van der Waals surface area (Å²) in [6, 6.07) is 0.791. The Hall–Kier alpha value is -0.160. The molecule has 0 saturated carbocycles. The number of ether oxygens (including phenoxy) is 2. The molecule has 2 fully saturated rings. The second-order valence-electron chi connectivity index (χ2n) is 5.50. The zero-order valence-electron chi connectivity index (χ0n) is 11.1. The first-order chi connectivity index (χ1) is 8.22. The minimum Gasteiger partial charge on any atom is -0.385 e. The molecule has 0 aliphatic carbocycles. The normalized spacial score (nSPS) is 33.4. The highest BCUT2D eigenvalue weighted by Gasteiger charge is 2.35. The van der Waals surface area contributed by atoms with Gasteiger partial charge in [0.25, 0.3) is 0 Å². The van der Waals surface area contributed by atoms with E-state index in [-0.39, 0.29) is 12.1 Å². The number of nitrogens with zero attached hydrogens (tertiary/aromatic N) is 1. The van der Waals surface area contributed by atoms with Gasteiger partial charge in [0.05, 0.1) is 12.7 Å². The lowest BCUT2D eigenvalue weighted by Crippen LogP contribution is -2.54. The molecule has 0 spiro atoms. The Morgan fingerprint density at radius 2 is 2.35 bits per heavy atom. The van der Waals surface area contributed by atoms with Crippen LogP contribution in [0.1, 0.15) is 26.2 Å². The maximum Gasteiger partial charge on any atom is 0.0856 e. The molecular formula is C13H26N2O2. The van der Waals surface area contributed by atoms with E-state index < -0.39 is 0 Å². The molecule has 0 aromatic carbocycles. The van der Waals surface area contributed by atoms with Gasteiger partial charge >= 0.3 is 0 Å². The minimum atomic E-state index is 0.131. The van der Waals surface area contributed by atoms with Gasteiger partial charge in [-0.05, 0) is 31.7 Å². The Bertz CT molecular complexity index is 237. The van der Waals surface area contributed by atoms with Crippen LogP contribution in [0, 0.1) is 5.92 Å². The van der Waals surface area contributed by atoms with Crippen LogP contribution in [-0.4, -0.2) is 56.5 Å². The predicted octanol–water partition coefficient (Wildman–Crippen LogP) is 0.850. The molecule has 2 rings (SSSR count). The quantitative estimate of drug-likeness (QED) is 0.776. The topological polar surface area (TPSA) is 47.7 Å². The third kappa shape index (κ3) is 3.19. The molecule has 4 heteroatoms. The van der Waals surface area contributed by atoms with Crippen molar-refractivity contribution in [3.8, 4) is 0 Å². The standard InChI is InChI=1S/C13H26N2O2/c1-10(5-7-16-2)13(14)12-8-15-6-3-4-11(15)9-17-12/h10-13H,3-9,14H2,1-2H3. The largest absolute Gasteiger partial charge is 0.385 e. The number of hydrogen-bond acceptors (Lipinski definition) is 4. The van der Waals surface area contributed by atoms with Crippen LogP contribution in [0.2, 0.25) is 0 Å². The molecule has 0 amide bonds. The van der Waals surface area contributed by atoms with Gasteiger partial charge < -0.3 is 15.2 Å². The third-order valence-electron chi connectivity index (χ3n) is 4.28. The van der Waals surface area contributed by atoms with Gasteiger partial charge in [0.15, 0.2) is 0 Å². The molecule has 2 saturated heterocycles. The summed E-state index contributed by atoms with van der Waals surface area (Å²) < 4.78 is 11.1. The van der Waals surface area contributed by atoms with Crippen molar-refractivity contribution in [2.24, 2.45) is 11.7 Å². The Labute approximate surface area is 104 Å². The summed E-state index contributed by atoms with van der Waals surface area (Å²) >= 11 is 0. The highest BCUT2D eigenvalue weighted by molar-refractivity contribution is 4.90. The van der Waals surface area contributed by atoms with Gasteiger partial charge in [-0.25, -0.2) is 0 Å². The van der Waals surface area contributed by atoms with E-state index in [0.29, 0.717) is 12.0 Å². The molecule has 0 radical (unpaired) electrons. The molecule has 2 aliphatic heterocycles. The molecule has 100 valence electrons. The molecule has 2 N–H and O–H groups in total. The van der Waals surface area contributed by atoms with Crippen molar-refractivity contribution >= 4 is 0 Å². The van der Waals surface area contributed by atoms with Gasteiger partial charge in [-0.2, -0.15) is 0 Å². The fraction of sp³-hybridized carbons (Fsp3) is 1.00. The number of rotatable bonds is 5. The molecule has 2 heterocycles. The predicted molar refractivity (Wildman–Crippen MR) is 68.0 cm³/mol. The van der Waals surface area contributed by atoms with Crippen LogP contribution >= 0.6 is 0 Å². The molecule has 0 aromatic heterocycles. The van der Waals surface area contributed by atoms with E-state index in [0.717, 1.165) is 26.2 Å². The lowest BCUT2D eigenvalue weighted by atomic mass is 9.93. The number of nitrogens with two attached hydrogens (primary N) is 1. The van der Waals surface area contributed by atoms with Crippen LogP contribution in [0.15, 0.2) is 0 Å². The van der Waals surface area contributed by atoms with Gasteiger partial charge in [-0.15, -0.1) is 0 Å². The van der Waals surface area contributed by atoms with E-state index in [1.165, 1.54) is 19.4 Å². The Morgan fingerprint density at radius 1 is 1.53 bits per heavy atom. The maximum absolute atomic E-state index is 6.31. The molecular weight excluding hydrogens is 216 g/mol.